The molecule has 1 aliphatic heterocycles. The average Bonchev–Trinajstić information content (AvgIpc) is 3.05. The Morgan fingerprint density at radius 1 is 1.10 bits per heavy atom. The predicted molar refractivity (Wildman–Crippen MR) is 111 cm³/mol. The van der Waals surface area contributed by atoms with Crippen molar-refractivity contribution in [3.05, 3.63) is 22.8 Å². The minimum absolute atomic E-state index is 0.138. The molecule has 6 nitrogen and oxygen atoms in total. The van der Waals surface area contributed by atoms with E-state index in [-0.39, 0.29) is 23.5 Å². The van der Waals surface area contributed by atoms with Gasteiger partial charge in [0.1, 0.15) is 23.2 Å². The summed E-state index contributed by atoms with van der Waals surface area (Å²) in [6.07, 6.45) is 5.75. The van der Waals surface area contributed by atoms with Gasteiger partial charge in [0.05, 0.1) is 14.2 Å². The normalized spacial score (nSPS) is 18.9. The van der Waals surface area contributed by atoms with Crippen LogP contribution >= 0.6 is 0 Å². The van der Waals surface area contributed by atoms with Crippen molar-refractivity contribution in [1.29, 1.82) is 0 Å². The zero-order valence-corrected chi connectivity index (χ0v) is 18.3. The number of benzene rings is 1. The molecule has 0 amide bonds. The van der Waals surface area contributed by atoms with Gasteiger partial charge in [0.25, 0.3) is 0 Å². The Kier molecular flexibility index (Phi) is 8.08. The zero-order chi connectivity index (χ0) is 21.6. The third-order valence-corrected chi connectivity index (χ3v) is 5.81. The summed E-state index contributed by atoms with van der Waals surface area (Å²) in [7, 11) is 2.97. The van der Waals surface area contributed by atoms with Crippen molar-refractivity contribution in [1.82, 2.24) is 0 Å². The Labute approximate surface area is 173 Å². The molecule has 0 saturated carbocycles. The zero-order valence-electron chi connectivity index (χ0n) is 18.3. The molecule has 2 atom stereocenters. The van der Waals surface area contributed by atoms with E-state index >= 15 is 0 Å². The number of unbranched alkanes of at least 4 members (excludes halogenated alkanes) is 5. The number of rotatable bonds is 12. The van der Waals surface area contributed by atoms with Gasteiger partial charge in [0.15, 0.2) is 5.78 Å². The quantitative estimate of drug-likeness (QED) is 0.407. The number of carbonyl (C=O) groups excluding carboxylic acids is 2. The van der Waals surface area contributed by atoms with Crippen LogP contribution in [0.15, 0.2) is 6.07 Å². The summed E-state index contributed by atoms with van der Waals surface area (Å²) in [5.41, 5.74) is -0.521. The number of ether oxygens (including phenoxy) is 3. The monoisotopic (exact) mass is 406 g/mol. The molecule has 162 valence electrons. The molecular weight excluding hydrogens is 372 g/mol. The molecule has 0 radical (unpaired) electrons. The first-order valence-electron chi connectivity index (χ1n) is 10.6. The molecule has 0 bridgehead atoms. The van der Waals surface area contributed by atoms with Crippen LogP contribution in [0.3, 0.4) is 0 Å². The number of esters is 1. The molecule has 1 aromatic carbocycles. The summed E-state index contributed by atoms with van der Waals surface area (Å²) in [5.74, 6) is -0.197. The summed E-state index contributed by atoms with van der Waals surface area (Å²) in [6.45, 7) is 5.65. The summed E-state index contributed by atoms with van der Waals surface area (Å²) in [4.78, 5) is 25.9. The molecule has 0 aliphatic carbocycles. The van der Waals surface area contributed by atoms with Crippen molar-refractivity contribution < 1.29 is 28.9 Å². The third-order valence-electron chi connectivity index (χ3n) is 5.81. The van der Waals surface area contributed by atoms with Crippen LogP contribution in [0.1, 0.15) is 86.7 Å². The number of carbonyl (C=O) groups is 2. The fraction of sp³-hybridized carbons (Fsp3) is 0.652. The van der Waals surface area contributed by atoms with Gasteiger partial charge >= 0.3 is 5.97 Å². The number of ketones is 1. The number of Topliss-reactive ketones (excluding diaryl/α,β-unsaturated/α-hetero) is 1. The first-order chi connectivity index (χ1) is 13.9. The van der Waals surface area contributed by atoms with Gasteiger partial charge in [-0.05, 0) is 18.9 Å². The van der Waals surface area contributed by atoms with E-state index in [0.717, 1.165) is 25.7 Å². The SMILES string of the molecule is CCCCCCCCC(O)[C@]1(C(=O)CC)OC(=O)c2c(OC)cc(OC)c(C)c21. The van der Waals surface area contributed by atoms with E-state index in [0.29, 0.717) is 23.3 Å². The fourth-order valence-corrected chi connectivity index (χ4v) is 4.22. The molecule has 29 heavy (non-hydrogen) atoms. The number of fused-ring (bicyclic) bond motifs is 1. The van der Waals surface area contributed by atoms with Crippen LogP contribution in [-0.2, 0) is 15.1 Å². The standard InChI is InChI=1S/C23H34O6/c1-6-8-9-10-11-12-13-19(25)23(18(24)7-2)21-15(3)16(27-4)14-17(28-5)20(21)22(26)29-23/h14,19,25H,6-13H2,1-5H3/t19?,23-/m0/s1. The van der Waals surface area contributed by atoms with Crippen molar-refractivity contribution >= 4 is 11.8 Å². The fourth-order valence-electron chi connectivity index (χ4n) is 4.22. The molecule has 0 fully saturated rings. The third kappa shape index (κ3) is 4.27. The van der Waals surface area contributed by atoms with Gasteiger partial charge in [-0.2, -0.15) is 0 Å². The van der Waals surface area contributed by atoms with Crippen LogP contribution in [0.2, 0.25) is 0 Å². The van der Waals surface area contributed by atoms with Gasteiger partial charge in [-0.25, -0.2) is 4.79 Å². The summed E-state index contributed by atoms with van der Waals surface area (Å²) >= 11 is 0. The van der Waals surface area contributed by atoms with Crippen LogP contribution in [0.4, 0.5) is 0 Å². The number of methoxy groups -OCH3 is 2. The number of aliphatic hydroxyl groups excluding tert-OH is 1. The van der Waals surface area contributed by atoms with E-state index in [1.807, 2.05) is 0 Å². The maximum atomic E-state index is 13.1. The molecular formula is C23H34O6. The Bertz CT molecular complexity index is 741. The van der Waals surface area contributed by atoms with Gasteiger partial charge in [0, 0.05) is 18.1 Å². The van der Waals surface area contributed by atoms with Crippen molar-refractivity contribution in [3.63, 3.8) is 0 Å². The van der Waals surface area contributed by atoms with Crippen molar-refractivity contribution in [2.24, 2.45) is 0 Å². The molecule has 1 heterocycles. The molecule has 0 spiro atoms. The van der Waals surface area contributed by atoms with Crippen LogP contribution in [0.25, 0.3) is 0 Å². The van der Waals surface area contributed by atoms with Crippen LogP contribution in [0, 0.1) is 6.92 Å². The molecule has 0 aromatic heterocycles. The molecule has 1 unspecified atom stereocenters. The summed E-state index contributed by atoms with van der Waals surface area (Å²) in [6, 6.07) is 1.61. The van der Waals surface area contributed by atoms with Gasteiger partial charge in [-0.15, -0.1) is 0 Å². The first-order valence-corrected chi connectivity index (χ1v) is 10.6. The number of aliphatic hydroxyl groups is 1. The predicted octanol–water partition coefficient (Wildman–Crippen LogP) is 4.47. The topological polar surface area (TPSA) is 82.1 Å². The Morgan fingerprint density at radius 2 is 1.72 bits per heavy atom. The van der Waals surface area contributed by atoms with Crippen molar-refractivity contribution in [2.75, 3.05) is 14.2 Å². The first kappa shape index (κ1) is 23.2. The lowest BCUT2D eigenvalue weighted by Crippen LogP contribution is -2.47. The lowest BCUT2D eigenvalue weighted by Gasteiger charge is -2.33. The van der Waals surface area contributed by atoms with Crippen molar-refractivity contribution in [2.45, 2.75) is 83.8 Å². The second-order valence-corrected chi connectivity index (χ2v) is 7.63. The molecule has 2 rings (SSSR count). The summed E-state index contributed by atoms with van der Waals surface area (Å²) in [5, 5.41) is 11.1. The van der Waals surface area contributed by atoms with Gasteiger partial charge in [-0.3, -0.25) is 4.79 Å². The highest BCUT2D eigenvalue weighted by Crippen LogP contribution is 2.49. The van der Waals surface area contributed by atoms with Crippen LogP contribution < -0.4 is 9.47 Å². The molecule has 1 N–H and O–H groups in total. The van der Waals surface area contributed by atoms with E-state index in [9.17, 15) is 14.7 Å². The highest BCUT2D eigenvalue weighted by Gasteiger charge is 2.57. The van der Waals surface area contributed by atoms with Crippen LogP contribution in [0.5, 0.6) is 11.5 Å². The van der Waals surface area contributed by atoms with E-state index in [2.05, 4.69) is 6.92 Å². The minimum atomic E-state index is -1.71. The largest absolute Gasteiger partial charge is 0.496 e. The lowest BCUT2D eigenvalue weighted by atomic mass is 9.78. The highest BCUT2D eigenvalue weighted by molar-refractivity contribution is 6.06. The number of hydrogen-bond donors (Lipinski definition) is 1. The number of cyclic esters (lactones) is 1. The highest BCUT2D eigenvalue weighted by atomic mass is 16.6. The Morgan fingerprint density at radius 3 is 2.31 bits per heavy atom. The number of hydrogen-bond acceptors (Lipinski definition) is 6. The molecule has 1 aromatic rings. The second-order valence-electron chi connectivity index (χ2n) is 7.63. The lowest BCUT2D eigenvalue weighted by molar-refractivity contribution is -0.152. The van der Waals surface area contributed by atoms with E-state index in [1.165, 1.54) is 27.1 Å². The molecule has 0 saturated heterocycles. The van der Waals surface area contributed by atoms with E-state index in [4.69, 9.17) is 14.2 Å². The van der Waals surface area contributed by atoms with E-state index < -0.39 is 17.7 Å². The van der Waals surface area contributed by atoms with Gasteiger partial charge in [0.2, 0.25) is 5.60 Å². The maximum absolute atomic E-state index is 13.1. The average molecular weight is 407 g/mol. The minimum Gasteiger partial charge on any atom is -0.496 e. The van der Waals surface area contributed by atoms with Crippen molar-refractivity contribution in [3.8, 4) is 11.5 Å². The Hall–Kier alpha value is -2.08. The second kappa shape index (κ2) is 10.1. The van der Waals surface area contributed by atoms with E-state index in [1.54, 1.807) is 19.9 Å². The van der Waals surface area contributed by atoms with Gasteiger partial charge in [-0.1, -0.05) is 52.4 Å². The summed E-state index contributed by atoms with van der Waals surface area (Å²) < 4.78 is 16.5. The Balaban J connectivity index is 2.44. The van der Waals surface area contributed by atoms with Crippen LogP contribution in [-0.4, -0.2) is 37.2 Å². The molecule has 1 aliphatic rings. The smallest absolute Gasteiger partial charge is 0.343 e. The van der Waals surface area contributed by atoms with Gasteiger partial charge < -0.3 is 19.3 Å². The molecule has 6 heteroatoms. The maximum Gasteiger partial charge on any atom is 0.343 e.